The number of carbonyl (C=O) groups is 2. The molecule has 2 N–H and O–H groups in total. The van der Waals surface area contributed by atoms with Gasteiger partial charge in [0.25, 0.3) is 5.91 Å². The van der Waals surface area contributed by atoms with Crippen LogP contribution in [0.15, 0.2) is 29.2 Å². The molecule has 24 heavy (non-hydrogen) atoms. The molecule has 134 valence electrons. The van der Waals surface area contributed by atoms with Crippen LogP contribution in [-0.2, 0) is 24.3 Å². The van der Waals surface area contributed by atoms with Gasteiger partial charge in [-0.15, -0.1) is 0 Å². The molecular formula is C15H21ClN2O5S. The lowest BCUT2D eigenvalue weighted by molar-refractivity contribution is -0.148. The molecule has 0 aliphatic rings. The molecule has 7 nitrogen and oxygen atoms in total. The lowest BCUT2D eigenvalue weighted by Gasteiger charge is -2.11. The SMILES string of the molecule is CC[C@H](C)NC(=O)COC(=O)CCNS(=O)(=O)c1ccc(Cl)cc1. The number of benzene rings is 1. The number of sulfonamides is 1. The minimum atomic E-state index is -3.72. The summed E-state index contributed by atoms with van der Waals surface area (Å²) in [6, 6.07) is 5.65. The Hall–Kier alpha value is -1.64. The second-order valence-corrected chi connectivity index (χ2v) is 7.34. The fourth-order valence-corrected chi connectivity index (χ4v) is 2.78. The zero-order chi connectivity index (χ0) is 18.2. The van der Waals surface area contributed by atoms with Crippen LogP contribution in [0.4, 0.5) is 0 Å². The number of hydrogen-bond acceptors (Lipinski definition) is 5. The van der Waals surface area contributed by atoms with E-state index < -0.39 is 16.0 Å². The summed E-state index contributed by atoms with van der Waals surface area (Å²) >= 11 is 5.70. The summed E-state index contributed by atoms with van der Waals surface area (Å²) in [5.74, 6) is -1.05. The van der Waals surface area contributed by atoms with Gasteiger partial charge in [-0.2, -0.15) is 0 Å². The number of halogens is 1. The van der Waals surface area contributed by atoms with Crippen LogP contribution < -0.4 is 10.0 Å². The third kappa shape index (κ3) is 7.29. The van der Waals surface area contributed by atoms with Crippen molar-refractivity contribution in [2.24, 2.45) is 0 Å². The lowest BCUT2D eigenvalue weighted by Crippen LogP contribution is -2.35. The van der Waals surface area contributed by atoms with Crippen molar-refractivity contribution in [1.29, 1.82) is 0 Å². The van der Waals surface area contributed by atoms with Gasteiger partial charge in [0, 0.05) is 17.6 Å². The average Bonchev–Trinajstić information content (AvgIpc) is 2.53. The molecule has 0 aliphatic heterocycles. The summed E-state index contributed by atoms with van der Waals surface area (Å²) in [4.78, 5) is 23.0. The monoisotopic (exact) mass is 376 g/mol. The van der Waals surface area contributed by atoms with Crippen LogP contribution in [0.1, 0.15) is 26.7 Å². The maximum absolute atomic E-state index is 12.0. The molecular weight excluding hydrogens is 356 g/mol. The zero-order valence-corrected chi connectivity index (χ0v) is 15.1. The molecule has 0 aromatic heterocycles. The third-order valence-corrected chi connectivity index (χ3v) is 4.86. The number of ether oxygens (including phenoxy) is 1. The van der Waals surface area contributed by atoms with Crippen molar-refractivity contribution in [3.63, 3.8) is 0 Å². The van der Waals surface area contributed by atoms with E-state index >= 15 is 0 Å². The molecule has 1 atom stereocenters. The highest BCUT2D eigenvalue weighted by atomic mass is 35.5. The topological polar surface area (TPSA) is 102 Å². The van der Waals surface area contributed by atoms with E-state index in [2.05, 4.69) is 10.0 Å². The van der Waals surface area contributed by atoms with E-state index in [0.717, 1.165) is 6.42 Å². The van der Waals surface area contributed by atoms with Gasteiger partial charge in [0.05, 0.1) is 11.3 Å². The standard InChI is InChI=1S/C15H21ClN2O5S/c1-3-11(2)18-14(19)10-23-15(20)8-9-17-24(21,22)13-6-4-12(16)5-7-13/h4-7,11,17H,3,8-10H2,1-2H3,(H,18,19)/t11-/m0/s1. The Morgan fingerprint density at radius 1 is 1.25 bits per heavy atom. The maximum Gasteiger partial charge on any atom is 0.307 e. The highest BCUT2D eigenvalue weighted by Crippen LogP contribution is 2.13. The summed E-state index contributed by atoms with van der Waals surface area (Å²) in [7, 11) is -3.72. The highest BCUT2D eigenvalue weighted by molar-refractivity contribution is 7.89. The Labute approximate surface area is 146 Å². The van der Waals surface area contributed by atoms with Gasteiger partial charge < -0.3 is 10.1 Å². The van der Waals surface area contributed by atoms with E-state index in [0.29, 0.717) is 5.02 Å². The Kier molecular flexibility index (Phi) is 8.17. The molecule has 0 fully saturated rings. The Morgan fingerprint density at radius 3 is 2.46 bits per heavy atom. The number of esters is 1. The van der Waals surface area contributed by atoms with E-state index in [-0.39, 0.29) is 36.4 Å². The van der Waals surface area contributed by atoms with Gasteiger partial charge in [-0.1, -0.05) is 18.5 Å². The number of rotatable bonds is 9. The second kappa shape index (κ2) is 9.61. The molecule has 0 radical (unpaired) electrons. The van der Waals surface area contributed by atoms with Crippen molar-refractivity contribution in [2.75, 3.05) is 13.2 Å². The first-order valence-corrected chi connectivity index (χ1v) is 9.31. The molecule has 1 amide bonds. The van der Waals surface area contributed by atoms with Gasteiger partial charge in [-0.05, 0) is 37.6 Å². The fraction of sp³-hybridized carbons (Fsp3) is 0.467. The summed E-state index contributed by atoms with van der Waals surface area (Å²) in [5, 5.41) is 3.08. The van der Waals surface area contributed by atoms with E-state index in [1.54, 1.807) is 0 Å². The zero-order valence-electron chi connectivity index (χ0n) is 13.5. The average molecular weight is 377 g/mol. The first kappa shape index (κ1) is 20.4. The Morgan fingerprint density at radius 2 is 1.88 bits per heavy atom. The van der Waals surface area contributed by atoms with Gasteiger partial charge in [-0.25, -0.2) is 13.1 Å². The molecule has 1 aromatic carbocycles. The second-order valence-electron chi connectivity index (χ2n) is 5.14. The highest BCUT2D eigenvalue weighted by Gasteiger charge is 2.15. The molecule has 0 unspecified atom stereocenters. The minimum absolute atomic E-state index is 0.00221. The van der Waals surface area contributed by atoms with Gasteiger partial charge in [0.2, 0.25) is 10.0 Å². The third-order valence-electron chi connectivity index (χ3n) is 3.13. The number of hydrogen-bond donors (Lipinski definition) is 2. The molecule has 0 bridgehead atoms. The van der Waals surface area contributed by atoms with E-state index in [1.807, 2.05) is 13.8 Å². The predicted octanol–water partition coefficient (Wildman–Crippen LogP) is 1.47. The molecule has 0 aliphatic carbocycles. The van der Waals surface area contributed by atoms with Gasteiger partial charge in [0.15, 0.2) is 6.61 Å². The van der Waals surface area contributed by atoms with Crippen LogP contribution in [0, 0.1) is 0 Å². The predicted molar refractivity (Wildman–Crippen MR) is 90.1 cm³/mol. The van der Waals surface area contributed by atoms with Gasteiger partial charge in [0.1, 0.15) is 0 Å². The summed E-state index contributed by atoms with van der Waals surface area (Å²) in [6.45, 7) is 3.25. The van der Waals surface area contributed by atoms with Crippen molar-refractivity contribution in [2.45, 2.75) is 37.6 Å². The normalized spacial score (nSPS) is 12.5. The molecule has 0 heterocycles. The van der Waals surface area contributed by atoms with Crippen LogP contribution in [0.2, 0.25) is 5.02 Å². The van der Waals surface area contributed by atoms with Crippen molar-refractivity contribution in [1.82, 2.24) is 10.0 Å². The van der Waals surface area contributed by atoms with Crippen LogP contribution in [0.25, 0.3) is 0 Å². The molecule has 0 spiro atoms. The van der Waals surface area contributed by atoms with Crippen molar-refractivity contribution < 1.29 is 22.7 Å². The smallest absolute Gasteiger partial charge is 0.307 e. The van der Waals surface area contributed by atoms with Crippen LogP contribution >= 0.6 is 11.6 Å². The van der Waals surface area contributed by atoms with Gasteiger partial charge in [-0.3, -0.25) is 9.59 Å². The molecule has 1 aromatic rings. The molecule has 1 rings (SSSR count). The van der Waals surface area contributed by atoms with Crippen molar-refractivity contribution in [3.8, 4) is 0 Å². The van der Waals surface area contributed by atoms with E-state index in [1.165, 1.54) is 24.3 Å². The quantitative estimate of drug-likeness (QED) is 0.635. The van der Waals surface area contributed by atoms with Crippen molar-refractivity contribution in [3.05, 3.63) is 29.3 Å². The Balaban J connectivity index is 2.34. The lowest BCUT2D eigenvalue weighted by atomic mass is 10.2. The summed E-state index contributed by atoms with van der Waals surface area (Å²) in [6.07, 6.45) is 0.593. The van der Waals surface area contributed by atoms with Crippen molar-refractivity contribution >= 4 is 33.5 Å². The number of carbonyl (C=O) groups excluding carboxylic acids is 2. The molecule has 0 saturated heterocycles. The molecule has 0 saturated carbocycles. The van der Waals surface area contributed by atoms with E-state index in [9.17, 15) is 18.0 Å². The first-order valence-electron chi connectivity index (χ1n) is 7.45. The maximum atomic E-state index is 12.0. The van der Waals surface area contributed by atoms with Crippen LogP contribution in [-0.4, -0.2) is 39.5 Å². The number of amides is 1. The number of nitrogens with one attached hydrogen (secondary N) is 2. The summed E-state index contributed by atoms with van der Waals surface area (Å²) in [5.41, 5.74) is 0. The fourth-order valence-electron chi connectivity index (χ4n) is 1.62. The van der Waals surface area contributed by atoms with E-state index in [4.69, 9.17) is 16.3 Å². The molecule has 9 heteroatoms. The Bertz CT molecular complexity index is 661. The van der Waals surface area contributed by atoms with Crippen LogP contribution in [0.3, 0.4) is 0 Å². The minimum Gasteiger partial charge on any atom is -0.456 e. The first-order chi connectivity index (χ1) is 11.2. The van der Waals surface area contributed by atoms with Crippen LogP contribution in [0.5, 0.6) is 0 Å². The largest absolute Gasteiger partial charge is 0.456 e. The van der Waals surface area contributed by atoms with Gasteiger partial charge >= 0.3 is 5.97 Å². The summed E-state index contributed by atoms with van der Waals surface area (Å²) < 4.78 is 31.0.